The van der Waals surface area contributed by atoms with Crippen molar-refractivity contribution in [1.82, 2.24) is 4.98 Å². The fraction of sp³-hybridized carbons (Fsp3) is 0.133. The number of nitrogens with zero attached hydrogens (tertiary/aromatic N) is 1. The maximum absolute atomic E-state index is 6.08. The first-order valence-corrected chi connectivity index (χ1v) is 8.07. The first-order chi connectivity index (χ1) is 9.74. The summed E-state index contributed by atoms with van der Waals surface area (Å²) < 4.78 is 5.35. The molecule has 0 spiro atoms. The van der Waals surface area contributed by atoms with Crippen LogP contribution in [-0.2, 0) is 5.75 Å². The zero-order chi connectivity index (χ0) is 13.9. The number of hydrogen-bond donors (Lipinski definition) is 1. The molecule has 0 atom stereocenters. The molecule has 1 aromatic carbocycles. The molecule has 0 radical (unpaired) electrons. The molecule has 2 N–H and O–H groups in total. The summed E-state index contributed by atoms with van der Waals surface area (Å²) in [5, 5.41) is 2.99. The number of hydrogen-bond acceptors (Lipinski definition) is 5. The first kappa shape index (κ1) is 13.3. The van der Waals surface area contributed by atoms with Crippen LogP contribution in [0.1, 0.15) is 11.3 Å². The summed E-state index contributed by atoms with van der Waals surface area (Å²) in [4.78, 5) is 5.69. The number of furan rings is 1. The normalized spacial score (nSPS) is 10.8. The molecular weight excluding hydrogens is 288 g/mol. The number of aryl methyl sites for hydroxylation is 1. The smallest absolute Gasteiger partial charge is 0.162 e. The second kappa shape index (κ2) is 5.73. The van der Waals surface area contributed by atoms with E-state index in [1.165, 1.54) is 0 Å². The lowest BCUT2D eigenvalue weighted by Crippen LogP contribution is -1.92. The first-order valence-electron chi connectivity index (χ1n) is 6.20. The van der Waals surface area contributed by atoms with Gasteiger partial charge in [-0.15, -0.1) is 23.1 Å². The highest BCUT2D eigenvalue weighted by Gasteiger charge is 2.08. The van der Waals surface area contributed by atoms with E-state index in [-0.39, 0.29) is 0 Å². The third-order valence-electron chi connectivity index (χ3n) is 2.94. The van der Waals surface area contributed by atoms with Crippen molar-refractivity contribution in [3.05, 3.63) is 53.2 Å². The van der Waals surface area contributed by atoms with E-state index in [1.54, 1.807) is 29.4 Å². The summed E-state index contributed by atoms with van der Waals surface area (Å²) in [5.41, 5.74) is 9.10. The summed E-state index contributed by atoms with van der Waals surface area (Å²) >= 11 is 3.31. The molecule has 102 valence electrons. The van der Waals surface area contributed by atoms with Crippen molar-refractivity contribution in [2.45, 2.75) is 17.6 Å². The molecule has 0 saturated heterocycles. The summed E-state index contributed by atoms with van der Waals surface area (Å²) in [5.74, 6) is 1.63. The second-order valence-corrected chi connectivity index (χ2v) is 6.27. The third kappa shape index (κ3) is 2.73. The number of rotatable bonds is 4. The molecular formula is C15H14N2OS2. The maximum Gasteiger partial charge on any atom is 0.162 e. The van der Waals surface area contributed by atoms with Gasteiger partial charge < -0.3 is 10.2 Å². The molecule has 3 rings (SSSR count). The largest absolute Gasteiger partial charge is 0.462 e. The van der Waals surface area contributed by atoms with Gasteiger partial charge in [-0.2, -0.15) is 0 Å². The van der Waals surface area contributed by atoms with E-state index >= 15 is 0 Å². The Morgan fingerprint density at radius 3 is 3.00 bits per heavy atom. The summed E-state index contributed by atoms with van der Waals surface area (Å²) in [6.07, 6.45) is 1.67. The highest BCUT2D eigenvalue weighted by atomic mass is 32.2. The SMILES string of the molecule is Cc1cccc(SCc2csc(-c3ccco3)n2)c1N. The van der Waals surface area contributed by atoms with Gasteiger partial charge in [-0.1, -0.05) is 12.1 Å². The fourth-order valence-corrected chi connectivity index (χ4v) is 3.65. The van der Waals surface area contributed by atoms with Gasteiger partial charge in [0.25, 0.3) is 0 Å². The van der Waals surface area contributed by atoms with Crippen LogP contribution < -0.4 is 5.73 Å². The number of aromatic nitrogens is 1. The molecule has 3 aromatic rings. The molecule has 0 saturated carbocycles. The van der Waals surface area contributed by atoms with Gasteiger partial charge in [0, 0.05) is 21.7 Å². The number of nitrogens with two attached hydrogens (primary N) is 1. The van der Waals surface area contributed by atoms with Gasteiger partial charge in [0.15, 0.2) is 10.8 Å². The Kier molecular flexibility index (Phi) is 3.80. The number of thioether (sulfide) groups is 1. The molecule has 0 bridgehead atoms. The molecule has 0 aliphatic carbocycles. The van der Waals surface area contributed by atoms with Crippen LogP contribution in [0, 0.1) is 6.92 Å². The van der Waals surface area contributed by atoms with Gasteiger partial charge >= 0.3 is 0 Å². The molecule has 5 heteroatoms. The van der Waals surface area contributed by atoms with Crippen molar-refractivity contribution in [2.75, 3.05) is 5.73 Å². The topological polar surface area (TPSA) is 52.0 Å². The van der Waals surface area contributed by atoms with Crippen molar-refractivity contribution >= 4 is 28.8 Å². The van der Waals surface area contributed by atoms with Gasteiger partial charge in [-0.3, -0.25) is 0 Å². The van der Waals surface area contributed by atoms with Crippen molar-refractivity contribution in [3.63, 3.8) is 0 Å². The monoisotopic (exact) mass is 302 g/mol. The quantitative estimate of drug-likeness (QED) is 0.566. The maximum atomic E-state index is 6.08. The minimum absolute atomic E-state index is 0.810. The van der Waals surface area contributed by atoms with Crippen LogP contribution in [0.4, 0.5) is 5.69 Å². The highest BCUT2D eigenvalue weighted by molar-refractivity contribution is 7.98. The van der Waals surface area contributed by atoms with E-state index in [2.05, 4.69) is 10.4 Å². The summed E-state index contributed by atoms with van der Waals surface area (Å²) in [7, 11) is 0. The molecule has 3 nitrogen and oxygen atoms in total. The van der Waals surface area contributed by atoms with Crippen LogP contribution in [0.5, 0.6) is 0 Å². The Balaban J connectivity index is 1.71. The van der Waals surface area contributed by atoms with Crippen LogP contribution in [0.3, 0.4) is 0 Å². The molecule has 0 unspecified atom stereocenters. The van der Waals surface area contributed by atoms with E-state index < -0.39 is 0 Å². The fourth-order valence-electron chi connectivity index (χ4n) is 1.82. The zero-order valence-corrected chi connectivity index (χ0v) is 12.6. The molecule has 2 heterocycles. The molecule has 0 amide bonds. The summed E-state index contributed by atoms with van der Waals surface area (Å²) in [6, 6.07) is 9.90. The van der Waals surface area contributed by atoms with Crippen molar-refractivity contribution in [3.8, 4) is 10.8 Å². The van der Waals surface area contributed by atoms with Crippen LogP contribution in [0.2, 0.25) is 0 Å². The molecule has 20 heavy (non-hydrogen) atoms. The van der Waals surface area contributed by atoms with E-state index in [4.69, 9.17) is 10.2 Å². The number of para-hydroxylation sites is 1. The van der Waals surface area contributed by atoms with Crippen molar-refractivity contribution in [2.24, 2.45) is 0 Å². The van der Waals surface area contributed by atoms with Gasteiger partial charge in [-0.05, 0) is 30.7 Å². The Morgan fingerprint density at radius 2 is 2.20 bits per heavy atom. The lowest BCUT2D eigenvalue weighted by Gasteiger charge is -2.06. The number of anilines is 1. The van der Waals surface area contributed by atoms with Crippen LogP contribution in [0.25, 0.3) is 10.8 Å². The van der Waals surface area contributed by atoms with Crippen molar-refractivity contribution in [1.29, 1.82) is 0 Å². The third-order valence-corrected chi connectivity index (χ3v) is 4.96. The number of nitrogen functional groups attached to an aromatic ring is 1. The average Bonchev–Trinajstić information content (AvgIpc) is 3.10. The Hall–Kier alpha value is -1.72. The Bertz CT molecular complexity index is 704. The minimum atomic E-state index is 0.810. The lowest BCUT2D eigenvalue weighted by molar-refractivity contribution is 0.581. The predicted octanol–water partition coefficient (Wildman–Crippen LogP) is 4.59. The van der Waals surface area contributed by atoms with E-state index in [0.717, 1.165) is 38.4 Å². The minimum Gasteiger partial charge on any atom is -0.462 e. The highest BCUT2D eigenvalue weighted by Crippen LogP contribution is 2.31. The van der Waals surface area contributed by atoms with Gasteiger partial charge in [0.2, 0.25) is 0 Å². The van der Waals surface area contributed by atoms with Crippen LogP contribution >= 0.6 is 23.1 Å². The summed E-state index contributed by atoms with van der Waals surface area (Å²) in [6.45, 7) is 2.03. The van der Waals surface area contributed by atoms with Gasteiger partial charge in [-0.25, -0.2) is 4.98 Å². The van der Waals surface area contributed by atoms with E-state index in [9.17, 15) is 0 Å². The van der Waals surface area contributed by atoms with Crippen LogP contribution in [0.15, 0.2) is 51.3 Å². The van der Waals surface area contributed by atoms with Crippen LogP contribution in [-0.4, -0.2) is 4.98 Å². The predicted molar refractivity (Wildman–Crippen MR) is 85.0 cm³/mol. The van der Waals surface area contributed by atoms with Crippen molar-refractivity contribution < 1.29 is 4.42 Å². The van der Waals surface area contributed by atoms with E-state index in [1.807, 2.05) is 37.3 Å². The standard InChI is InChI=1S/C15H14N2OS2/c1-10-4-2-6-13(14(10)16)19-8-11-9-20-15(17-11)12-5-3-7-18-12/h2-7,9H,8,16H2,1H3. The lowest BCUT2D eigenvalue weighted by atomic mass is 10.2. The number of benzene rings is 1. The molecule has 0 fully saturated rings. The second-order valence-electron chi connectivity index (χ2n) is 4.40. The van der Waals surface area contributed by atoms with Gasteiger partial charge in [0.05, 0.1) is 12.0 Å². The molecule has 0 aliphatic heterocycles. The zero-order valence-electron chi connectivity index (χ0n) is 11.0. The van der Waals surface area contributed by atoms with E-state index in [0.29, 0.717) is 0 Å². The Morgan fingerprint density at radius 1 is 1.30 bits per heavy atom. The molecule has 2 aromatic heterocycles. The Labute approximate surface area is 125 Å². The molecule has 0 aliphatic rings. The van der Waals surface area contributed by atoms with Gasteiger partial charge in [0.1, 0.15) is 0 Å². The number of thiazole rings is 1. The average molecular weight is 302 g/mol.